The summed E-state index contributed by atoms with van der Waals surface area (Å²) < 4.78 is 5.47. The van der Waals surface area contributed by atoms with Gasteiger partial charge in [-0.1, -0.05) is 26.0 Å². The molecule has 3 rings (SSSR count). The molecule has 1 fully saturated rings. The number of nitrogens with zero attached hydrogens (tertiary/aromatic N) is 1. The predicted molar refractivity (Wildman–Crippen MR) is 111 cm³/mol. The zero-order chi connectivity index (χ0) is 20.3. The molecule has 1 aliphatic rings. The van der Waals surface area contributed by atoms with Crippen molar-refractivity contribution in [3.8, 4) is 5.75 Å². The van der Waals surface area contributed by atoms with E-state index in [0.717, 1.165) is 42.8 Å². The molecule has 1 saturated heterocycles. The van der Waals surface area contributed by atoms with E-state index in [4.69, 9.17) is 4.74 Å². The molecule has 0 bridgehead atoms. The molecule has 1 heterocycles. The second-order valence-electron chi connectivity index (χ2n) is 7.56. The zero-order valence-electron chi connectivity index (χ0n) is 17.0. The largest absolute Gasteiger partial charge is 0.496 e. The van der Waals surface area contributed by atoms with Crippen LogP contribution in [0.1, 0.15) is 64.4 Å². The molecule has 0 aliphatic carbocycles. The van der Waals surface area contributed by atoms with Crippen LogP contribution < -0.4 is 10.1 Å². The van der Waals surface area contributed by atoms with Crippen LogP contribution >= 0.6 is 0 Å². The summed E-state index contributed by atoms with van der Waals surface area (Å²) in [5, 5.41) is 2.95. The first kappa shape index (κ1) is 19.9. The second kappa shape index (κ2) is 8.46. The normalized spacial score (nSPS) is 13.7. The van der Waals surface area contributed by atoms with Gasteiger partial charge in [-0.2, -0.15) is 0 Å². The van der Waals surface area contributed by atoms with Crippen molar-refractivity contribution in [1.82, 2.24) is 4.90 Å². The van der Waals surface area contributed by atoms with Gasteiger partial charge in [0.25, 0.3) is 11.8 Å². The predicted octanol–water partition coefficient (Wildman–Crippen LogP) is 4.62. The summed E-state index contributed by atoms with van der Waals surface area (Å²) in [7, 11) is 1.64. The third kappa shape index (κ3) is 4.03. The Morgan fingerprint density at radius 2 is 1.75 bits per heavy atom. The number of likely N-dealkylation sites (tertiary alicyclic amines) is 1. The fourth-order valence-corrected chi connectivity index (χ4v) is 3.63. The molecule has 0 radical (unpaired) electrons. The topological polar surface area (TPSA) is 58.6 Å². The Labute approximate surface area is 166 Å². The summed E-state index contributed by atoms with van der Waals surface area (Å²) in [4.78, 5) is 27.7. The SMILES string of the molecule is COc1cc(C)c(C(=O)Nc2ccccc2C(=O)N2CCCC2)cc1C(C)C. The van der Waals surface area contributed by atoms with E-state index in [1.807, 2.05) is 36.1 Å². The first-order valence-corrected chi connectivity index (χ1v) is 9.80. The van der Waals surface area contributed by atoms with Gasteiger partial charge in [-0.05, 0) is 61.1 Å². The van der Waals surface area contributed by atoms with E-state index in [0.29, 0.717) is 16.8 Å². The Kier molecular flexibility index (Phi) is 6.02. The van der Waals surface area contributed by atoms with Crippen molar-refractivity contribution >= 4 is 17.5 Å². The highest BCUT2D eigenvalue weighted by molar-refractivity contribution is 6.09. The van der Waals surface area contributed by atoms with Crippen molar-refractivity contribution in [2.45, 2.75) is 39.5 Å². The Balaban J connectivity index is 1.90. The average molecular weight is 380 g/mol. The number of para-hydroxylation sites is 1. The van der Waals surface area contributed by atoms with E-state index in [1.54, 1.807) is 19.2 Å². The molecule has 2 aromatic carbocycles. The maximum absolute atomic E-state index is 13.0. The van der Waals surface area contributed by atoms with Gasteiger partial charge in [0.15, 0.2) is 0 Å². The minimum Gasteiger partial charge on any atom is -0.496 e. The van der Waals surface area contributed by atoms with Crippen LogP contribution in [-0.2, 0) is 0 Å². The van der Waals surface area contributed by atoms with Crippen LogP contribution in [0, 0.1) is 6.92 Å². The molecule has 2 aromatic rings. The van der Waals surface area contributed by atoms with Crippen LogP contribution in [0.3, 0.4) is 0 Å². The molecule has 1 N–H and O–H groups in total. The van der Waals surface area contributed by atoms with Crippen LogP contribution in [-0.4, -0.2) is 36.9 Å². The number of nitrogens with one attached hydrogen (secondary N) is 1. The van der Waals surface area contributed by atoms with Crippen molar-refractivity contribution in [3.63, 3.8) is 0 Å². The smallest absolute Gasteiger partial charge is 0.255 e. The lowest BCUT2D eigenvalue weighted by molar-refractivity contribution is 0.0794. The van der Waals surface area contributed by atoms with Gasteiger partial charge in [-0.3, -0.25) is 9.59 Å². The van der Waals surface area contributed by atoms with Crippen molar-refractivity contribution in [2.75, 3.05) is 25.5 Å². The van der Waals surface area contributed by atoms with Crippen molar-refractivity contribution < 1.29 is 14.3 Å². The number of methoxy groups -OCH3 is 1. The quantitative estimate of drug-likeness (QED) is 0.824. The Morgan fingerprint density at radius 3 is 2.39 bits per heavy atom. The summed E-state index contributed by atoms with van der Waals surface area (Å²) in [6.07, 6.45) is 2.06. The van der Waals surface area contributed by atoms with E-state index in [2.05, 4.69) is 19.2 Å². The number of amides is 2. The van der Waals surface area contributed by atoms with Gasteiger partial charge in [-0.25, -0.2) is 0 Å². The number of aryl methyl sites for hydroxylation is 1. The summed E-state index contributed by atoms with van der Waals surface area (Å²) in [6.45, 7) is 7.58. The van der Waals surface area contributed by atoms with E-state index < -0.39 is 0 Å². The third-order valence-corrected chi connectivity index (χ3v) is 5.24. The zero-order valence-corrected chi connectivity index (χ0v) is 17.0. The maximum atomic E-state index is 13.0. The molecular weight excluding hydrogens is 352 g/mol. The molecule has 0 aromatic heterocycles. The van der Waals surface area contributed by atoms with Crippen LogP contribution in [0.15, 0.2) is 36.4 Å². The van der Waals surface area contributed by atoms with Crippen LogP contribution in [0.25, 0.3) is 0 Å². The maximum Gasteiger partial charge on any atom is 0.255 e. The van der Waals surface area contributed by atoms with Crippen LogP contribution in [0.2, 0.25) is 0 Å². The summed E-state index contributed by atoms with van der Waals surface area (Å²) in [5.74, 6) is 0.770. The molecule has 0 atom stereocenters. The number of carbonyl (C=O) groups is 2. The van der Waals surface area contributed by atoms with Gasteiger partial charge in [0, 0.05) is 18.7 Å². The molecule has 0 spiro atoms. The van der Waals surface area contributed by atoms with Gasteiger partial charge < -0.3 is 15.0 Å². The van der Waals surface area contributed by atoms with E-state index in [9.17, 15) is 9.59 Å². The van der Waals surface area contributed by atoms with Gasteiger partial charge in [0.1, 0.15) is 5.75 Å². The van der Waals surface area contributed by atoms with Gasteiger partial charge in [-0.15, -0.1) is 0 Å². The lowest BCUT2D eigenvalue weighted by atomic mass is 9.96. The average Bonchev–Trinajstić information content (AvgIpc) is 3.22. The number of anilines is 1. The lowest BCUT2D eigenvalue weighted by Gasteiger charge is -2.19. The van der Waals surface area contributed by atoms with E-state index >= 15 is 0 Å². The van der Waals surface area contributed by atoms with E-state index in [1.165, 1.54) is 0 Å². The van der Waals surface area contributed by atoms with Crippen LogP contribution in [0.4, 0.5) is 5.69 Å². The minimum atomic E-state index is -0.219. The molecule has 5 nitrogen and oxygen atoms in total. The fraction of sp³-hybridized carbons (Fsp3) is 0.391. The number of hydrogen-bond donors (Lipinski definition) is 1. The highest BCUT2D eigenvalue weighted by atomic mass is 16.5. The highest BCUT2D eigenvalue weighted by Gasteiger charge is 2.23. The fourth-order valence-electron chi connectivity index (χ4n) is 3.63. The Morgan fingerprint density at radius 1 is 1.07 bits per heavy atom. The molecule has 5 heteroatoms. The Bertz CT molecular complexity index is 883. The molecule has 148 valence electrons. The monoisotopic (exact) mass is 380 g/mol. The number of benzene rings is 2. The number of rotatable bonds is 5. The van der Waals surface area contributed by atoms with Gasteiger partial charge in [0.2, 0.25) is 0 Å². The molecule has 0 saturated carbocycles. The lowest BCUT2D eigenvalue weighted by Crippen LogP contribution is -2.29. The number of hydrogen-bond acceptors (Lipinski definition) is 3. The number of ether oxygens (including phenoxy) is 1. The summed E-state index contributed by atoms with van der Waals surface area (Å²) >= 11 is 0. The van der Waals surface area contributed by atoms with E-state index in [-0.39, 0.29) is 17.7 Å². The van der Waals surface area contributed by atoms with Gasteiger partial charge in [0.05, 0.1) is 18.4 Å². The third-order valence-electron chi connectivity index (χ3n) is 5.24. The minimum absolute atomic E-state index is 0.0253. The van der Waals surface area contributed by atoms with Crippen molar-refractivity contribution in [2.24, 2.45) is 0 Å². The molecule has 0 unspecified atom stereocenters. The van der Waals surface area contributed by atoms with Crippen molar-refractivity contribution in [1.29, 1.82) is 0 Å². The summed E-state index contributed by atoms with van der Waals surface area (Å²) in [6, 6.07) is 11.0. The molecule has 28 heavy (non-hydrogen) atoms. The first-order chi connectivity index (χ1) is 13.4. The number of carbonyl (C=O) groups excluding carboxylic acids is 2. The highest BCUT2D eigenvalue weighted by Crippen LogP contribution is 2.30. The van der Waals surface area contributed by atoms with Gasteiger partial charge >= 0.3 is 0 Å². The second-order valence-corrected chi connectivity index (χ2v) is 7.56. The molecule has 2 amide bonds. The van der Waals surface area contributed by atoms with Crippen LogP contribution in [0.5, 0.6) is 5.75 Å². The van der Waals surface area contributed by atoms with Crippen molar-refractivity contribution in [3.05, 3.63) is 58.7 Å². The standard InChI is InChI=1S/C23H28N2O3/c1-15(2)18-14-19(16(3)13-21(18)28-4)22(26)24-20-10-6-5-9-17(20)23(27)25-11-7-8-12-25/h5-6,9-10,13-15H,7-8,11-12H2,1-4H3,(H,24,26). The first-order valence-electron chi connectivity index (χ1n) is 9.80. The molecular formula is C23H28N2O3. The summed E-state index contributed by atoms with van der Waals surface area (Å²) in [5.41, 5.74) is 3.49. The molecule has 1 aliphatic heterocycles. The Hall–Kier alpha value is -2.82.